The van der Waals surface area contributed by atoms with Gasteiger partial charge in [-0.25, -0.2) is 14.2 Å². The molecular weight excluding hydrogens is 417 g/mol. The Morgan fingerprint density at radius 3 is 2.80 bits per heavy atom. The number of halogens is 3. The van der Waals surface area contributed by atoms with Crippen LogP contribution in [0.1, 0.15) is 11.6 Å². The average molecular weight is 429 g/mol. The van der Waals surface area contributed by atoms with E-state index in [4.69, 9.17) is 16.3 Å². The minimum absolute atomic E-state index is 0.110. The third-order valence-electron chi connectivity index (χ3n) is 3.54. The number of allylic oxidation sites excluding steroid dienone is 1. The summed E-state index contributed by atoms with van der Waals surface area (Å²) in [5.74, 6) is -0.919. The lowest BCUT2D eigenvalue weighted by Gasteiger charge is -2.26. The molecule has 130 valence electrons. The highest BCUT2D eigenvalue weighted by Gasteiger charge is 2.33. The van der Waals surface area contributed by atoms with Crippen molar-refractivity contribution < 1.29 is 13.9 Å². The first-order valence-electron chi connectivity index (χ1n) is 7.09. The van der Waals surface area contributed by atoms with E-state index in [1.165, 1.54) is 36.4 Å². The molecule has 3 rings (SSSR count). The summed E-state index contributed by atoms with van der Waals surface area (Å²) < 4.78 is 18.8. The number of esters is 1. The van der Waals surface area contributed by atoms with E-state index in [0.717, 1.165) is 0 Å². The molecule has 1 atom stereocenters. The highest BCUT2D eigenvalue weighted by atomic mass is 79.9. The molecular formula is C15H12BrClFN5O2. The van der Waals surface area contributed by atoms with Gasteiger partial charge in [0, 0.05) is 16.6 Å². The van der Waals surface area contributed by atoms with Crippen molar-refractivity contribution in [2.75, 3.05) is 12.4 Å². The summed E-state index contributed by atoms with van der Waals surface area (Å²) >= 11 is 9.45. The number of rotatable bonds is 3. The van der Waals surface area contributed by atoms with Gasteiger partial charge in [-0.1, -0.05) is 39.7 Å². The summed E-state index contributed by atoms with van der Waals surface area (Å²) in [6.07, 6.45) is 2.98. The summed E-state index contributed by atoms with van der Waals surface area (Å²) in [7, 11) is 1.26. The molecule has 2 aromatic rings. The van der Waals surface area contributed by atoms with Crippen LogP contribution in [0.5, 0.6) is 0 Å². The molecule has 1 aromatic heterocycles. The second kappa shape index (κ2) is 7.32. The number of nitrogens with zero attached hydrogens (tertiary/aromatic N) is 4. The average Bonchev–Trinajstić information content (AvgIpc) is 3.17. The third-order valence-corrected chi connectivity index (χ3v) is 4.50. The molecule has 25 heavy (non-hydrogen) atoms. The molecule has 0 saturated heterocycles. The third kappa shape index (κ3) is 3.29. The van der Waals surface area contributed by atoms with Crippen LogP contribution < -0.4 is 5.32 Å². The number of aliphatic imine (C=N–C) groups is 1. The zero-order valence-electron chi connectivity index (χ0n) is 12.9. The monoisotopic (exact) mass is 427 g/mol. The number of carbonyl (C=O) groups excluding carboxylic acids is 1. The Bertz CT molecular complexity index is 869. The van der Waals surface area contributed by atoms with Gasteiger partial charge in [0.15, 0.2) is 0 Å². The van der Waals surface area contributed by atoms with Crippen LogP contribution in [-0.2, 0) is 9.53 Å². The summed E-state index contributed by atoms with van der Waals surface area (Å²) in [4.78, 5) is 18.0. The Kier molecular flexibility index (Phi) is 5.14. The molecule has 1 aliphatic heterocycles. The van der Waals surface area contributed by atoms with Crippen LogP contribution in [-0.4, -0.2) is 39.4 Å². The molecule has 1 aromatic carbocycles. The number of hydrogen-bond donors (Lipinski definition) is 1. The van der Waals surface area contributed by atoms with Gasteiger partial charge >= 0.3 is 5.97 Å². The molecule has 0 radical (unpaired) electrons. The lowest BCUT2D eigenvalue weighted by molar-refractivity contribution is -0.136. The highest BCUT2D eigenvalue weighted by molar-refractivity contribution is 9.09. The lowest BCUT2D eigenvalue weighted by Crippen LogP contribution is -2.39. The smallest absolute Gasteiger partial charge is 0.338 e. The van der Waals surface area contributed by atoms with E-state index in [1.54, 1.807) is 6.07 Å². The summed E-state index contributed by atoms with van der Waals surface area (Å²) in [5.41, 5.74) is 1.06. The van der Waals surface area contributed by atoms with E-state index < -0.39 is 17.8 Å². The first-order valence-corrected chi connectivity index (χ1v) is 8.59. The molecule has 1 aliphatic rings. The maximum Gasteiger partial charge on any atom is 0.338 e. The second-order valence-corrected chi connectivity index (χ2v) is 5.90. The number of hydrogen-bond acceptors (Lipinski definition) is 6. The fraction of sp³-hybridized carbons (Fsp3) is 0.200. The van der Waals surface area contributed by atoms with E-state index in [0.29, 0.717) is 16.6 Å². The predicted molar refractivity (Wildman–Crippen MR) is 93.0 cm³/mol. The van der Waals surface area contributed by atoms with Gasteiger partial charge in [0.25, 0.3) is 0 Å². The van der Waals surface area contributed by atoms with Crippen LogP contribution >= 0.6 is 27.5 Å². The van der Waals surface area contributed by atoms with Gasteiger partial charge in [-0.05, 0) is 6.07 Å². The van der Waals surface area contributed by atoms with Gasteiger partial charge in [0.1, 0.15) is 11.9 Å². The van der Waals surface area contributed by atoms with Crippen LogP contribution in [0, 0.1) is 5.82 Å². The molecule has 0 saturated carbocycles. The van der Waals surface area contributed by atoms with Crippen LogP contribution in [0.2, 0.25) is 5.02 Å². The van der Waals surface area contributed by atoms with Crippen LogP contribution in [0.3, 0.4) is 0 Å². The quantitative estimate of drug-likeness (QED) is 0.600. The number of alkyl halides is 1. The van der Waals surface area contributed by atoms with Gasteiger partial charge in [-0.2, -0.15) is 10.2 Å². The zero-order valence-corrected chi connectivity index (χ0v) is 15.3. The first-order chi connectivity index (χ1) is 12.1. The number of carbonyl (C=O) groups is 1. The van der Waals surface area contributed by atoms with E-state index in [1.807, 2.05) is 0 Å². The van der Waals surface area contributed by atoms with Gasteiger partial charge in [-0.3, -0.25) is 0 Å². The summed E-state index contributed by atoms with van der Waals surface area (Å²) in [6, 6.07) is 3.47. The largest absolute Gasteiger partial charge is 0.466 e. The van der Waals surface area contributed by atoms with Crippen molar-refractivity contribution in [1.29, 1.82) is 0 Å². The van der Waals surface area contributed by atoms with E-state index in [2.05, 4.69) is 36.4 Å². The minimum atomic E-state index is -0.870. The highest BCUT2D eigenvalue weighted by Crippen LogP contribution is 2.36. The van der Waals surface area contributed by atoms with Gasteiger partial charge in [0.05, 0.1) is 30.1 Å². The molecule has 7 nitrogen and oxygen atoms in total. The molecule has 2 heterocycles. The number of benzene rings is 1. The van der Waals surface area contributed by atoms with Crippen molar-refractivity contribution in [3.63, 3.8) is 0 Å². The van der Waals surface area contributed by atoms with Crippen LogP contribution in [0.15, 0.2) is 46.9 Å². The zero-order chi connectivity index (χ0) is 18.0. The number of nitrogens with one attached hydrogen (secondary N) is 1. The Balaban J connectivity index is 2.19. The standard InChI is InChI=1S/C15H12BrClFN5O2/c1-25-14(24)11-10(7-16)21-15(23-19-5-6-20-23)22-13(11)8-3-2-4-9(18)12(8)17/h2-6,13H,7H2,1H3,(H,21,22)/t13-/m0/s1. The predicted octanol–water partition coefficient (Wildman–Crippen LogP) is 2.44. The van der Waals surface area contributed by atoms with Gasteiger partial charge in [0.2, 0.25) is 5.96 Å². The van der Waals surface area contributed by atoms with Crippen molar-refractivity contribution in [2.24, 2.45) is 4.99 Å². The molecule has 0 bridgehead atoms. The Morgan fingerprint density at radius 1 is 1.44 bits per heavy atom. The minimum Gasteiger partial charge on any atom is -0.466 e. The first kappa shape index (κ1) is 17.6. The van der Waals surface area contributed by atoms with Crippen LogP contribution in [0.4, 0.5) is 4.39 Å². The molecule has 0 fully saturated rings. The van der Waals surface area contributed by atoms with Crippen LogP contribution in [0.25, 0.3) is 0 Å². The summed E-state index contributed by atoms with van der Waals surface area (Å²) in [6.45, 7) is 0. The fourth-order valence-corrected chi connectivity index (χ4v) is 3.09. The molecule has 0 unspecified atom stereocenters. The SMILES string of the molecule is COC(=O)C1=C(CBr)NC(n2nccn2)=N[C@H]1c1cccc(F)c1Cl. The van der Waals surface area contributed by atoms with Crippen molar-refractivity contribution in [1.82, 2.24) is 20.3 Å². The van der Waals surface area contributed by atoms with Crippen molar-refractivity contribution in [2.45, 2.75) is 6.04 Å². The topological polar surface area (TPSA) is 81.4 Å². The Labute approximate surface area is 155 Å². The molecule has 0 spiro atoms. The Hall–Kier alpha value is -2.26. The van der Waals surface area contributed by atoms with E-state index in [-0.39, 0.29) is 16.6 Å². The molecule has 1 N–H and O–H groups in total. The lowest BCUT2D eigenvalue weighted by atomic mass is 9.96. The number of ether oxygens (including phenoxy) is 1. The number of aromatic nitrogens is 3. The normalized spacial score (nSPS) is 17.1. The van der Waals surface area contributed by atoms with E-state index >= 15 is 0 Å². The van der Waals surface area contributed by atoms with Crippen molar-refractivity contribution in [3.8, 4) is 0 Å². The van der Waals surface area contributed by atoms with E-state index in [9.17, 15) is 9.18 Å². The maximum atomic E-state index is 13.9. The van der Waals surface area contributed by atoms with Gasteiger partial charge < -0.3 is 10.1 Å². The van der Waals surface area contributed by atoms with Crippen molar-refractivity contribution in [3.05, 3.63) is 58.3 Å². The van der Waals surface area contributed by atoms with Gasteiger partial charge in [-0.15, -0.1) is 4.80 Å². The fourth-order valence-electron chi connectivity index (χ4n) is 2.42. The molecule has 0 aliphatic carbocycles. The maximum absolute atomic E-state index is 13.9. The summed E-state index contributed by atoms with van der Waals surface area (Å²) in [5, 5.41) is 11.2. The number of methoxy groups -OCH3 is 1. The molecule has 0 amide bonds. The Morgan fingerprint density at radius 2 is 2.16 bits per heavy atom. The second-order valence-electron chi connectivity index (χ2n) is 4.96. The molecule has 10 heteroatoms. The van der Waals surface area contributed by atoms with Crippen molar-refractivity contribution >= 4 is 39.5 Å².